The fraction of sp³-hybridized carbons (Fsp3) is 0.467. The van der Waals surface area contributed by atoms with Crippen LogP contribution in [0.25, 0.3) is 5.69 Å². The molecule has 1 aliphatic carbocycles. The molecule has 2 aromatic rings. The van der Waals surface area contributed by atoms with Crippen molar-refractivity contribution < 1.29 is 0 Å². The molecule has 6 heteroatoms. The van der Waals surface area contributed by atoms with Gasteiger partial charge in [-0.2, -0.15) is 10.2 Å². The molecule has 112 valence electrons. The van der Waals surface area contributed by atoms with Crippen LogP contribution in [0, 0.1) is 0 Å². The van der Waals surface area contributed by atoms with Crippen LogP contribution in [0.1, 0.15) is 32.1 Å². The molecular weight excluding hydrogens is 282 g/mol. The fourth-order valence-electron chi connectivity index (χ4n) is 2.79. The van der Waals surface area contributed by atoms with E-state index in [0.717, 1.165) is 16.3 Å². The van der Waals surface area contributed by atoms with Crippen LogP contribution in [0.2, 0.25) is 0 Å². The molecule has 1 aromatic heterocycles. The van der Waals surface area contributed by atoms with E-state index in [-0.39, 0.29) is 0 Å². The predicted octanol–water partition coefficient (Wildman–Crippen LogP) is 3.24. The Balaban J connectivity index is 1.87. The number of hydrogen-bond acceptors (Lipinski definition) is 5. The minimum Gasteiger partial charge on any atom is -0.381 e. The molecule has 1 aromatic carbocycles. The molecule has 0 unspecified atom stereocenters. The van der Waals surface area contributed by atoms with Gasteiger partial charge in [0.05, 0.1) is 18.1 Å². The van der Waals surface area contributed by atoms with E-state index in [1.54, 1.807) is 29.1 Å². The zero-order valence-electron chi connectivity index (χ0n) is 12.2. The van der Waals surface area contributed by atoms with Gasteiger partial charge in [-0.3, -0.25) is 4.72 Å². The molecule has 1 heterocycles. The van der Waals surface area contributed by atoms with Gasteiger partial charge in [0.15, 0.2) is 0 Å². The van der Waals surface area contributed by atoms with Gasteiger partial charge in [-0.1, -0.05) is 19.3 Å². The summed E-state index contributed by atoms with van der Waals surface area (Å²) in [5.41, 5.74) is 2.12. The molecule has 0 saturated heterocycles. The lowest BCUT2D eigenvalue weighted by Gasteiger charge is -2.25. The minimum atomic E-state index is 0.566. The lowest BCUT2D eigenvalue weighted by Crippen LogP contribution is -2.23. The van der Waals surface area contributed by atoms with E-state index >= 15 is 0 Å². The molecule has 1 saturated carbocycles. The summed E-state index contributed by atoms with van der Waals surface area (Å²) >= 11 is 1.59. The van der Waals surface area contributed by atoms with Crippen molar-refractivity contribution in [1.82, 2.24) is 19.7 Å². The van der Waals surface area contributed by atoms with E-state index in [1.165, 1.54) is 32.1 Å². The van der Waals surface area contributed by atoms with Crippen molar-refractivity contribution in [3.63, 3.8) is 0 Å². The summed E-state index contributed by atoms with van der Waals surface area (Å²) < 4.78 is 3.10. The van der Waals surface area contributed by atoms with Crippen molar-refractivity contribution in [3.05, 3.63) is 30.6 Å². The van der Waals surface area contributed by atoms with E-state index in [9.17, 15) is 0 Å². The van der Waals surface area contributed by atoms with E-state index < -0.39 is 0 Å². The second-order valence-electron chi connectivity index (χ2n) is 5.28. The Kier molecular flexibility index (Phi) is 4.77. The predicted molar refractivity (Wildman–Crippen MR) is 86.8 cm³/mol. The van der Waals surface area contributed by atoms with Crippen LogP contribution in [-0.4, -0.2) is 28.1 Å². The standard InChI is InChI=1S/C15H21N5S/c1-16-21-13-7-8-14(19-12-5-3-2-4-6-12)15(11-13)20-17-9-10-18-20/h7-12,16,19H,2-6H2,1H3. The number of anilines is 1. The Morgan fingerprint density at radius 1 is 1.14 bits per heavy atom. The highest BCUT2D eigenvalue weighted by atomic mass is 32.2. The number of aromatic nitrogens is 3. The molecule has 0 radical (unpaired) electrons. The van der Waals surface area contributed by atoms with Gasteiger partial charge in [0.25, 0.3) is 0 Å². The largest absolute Gasteiger partial charge is 0.381 e. The highest BCUT2D eigenvalue weighted by Gasteiger charge is 2.16. The summed E-state index contributed by atoms with van der Waals surface area (Å²) in [5, 5.41) is 12.2. The number of rotatable bonds is 5. The summed E-state index contributed by atoms with van der Waals surface area (Å²) in [5.74, 6) is 0. The van der Waals surface area contributed by atoms with Crippen LogP contribution in [0.4, 0.5) is 5.69 Å². The SMILES string of the molecule is CNSc1ccc(NC2CCCCC2)c(-n2nccn2)c1. The Morgan fingerprint density at radius 3 is 2.62 bits per heavy atom. The molecule has 1 fully saturated rings. The van der Waals surface area contributed by atoms with Gasteiger partial charge in [-0.15, -0.1) is 4.80 Å². The highest BCUT2D eigenvalue weighted by molar-refractivity contribution is 7.97. The van der Waals surface area contributed by atoms with Crippen molar-refractivity contribution in [2.45, 2.75) is 43.0 Å². The first-order valence-corrected chi connectivity index (χ1v) is 8.29. The summed E-state index contributed by atoms with van der Waals surface area (Å²) in [6.07, 6.45) is 9.92. The summed E-state index contributed by atoms with van der Waals surface area (Å²) in [6.45, 7) is 0. The van der Waals surface area contributed by atoms with Gasteiger partial charge in [-0.05, 0) is 50.0 Å². The van der Waals surface area contributed by atoms with Crippen molar-refractivity contribution in [2.75, 3.05) is 12.4 Å². The average Bonchev–Trinajstić information content (AvgIpc) is 3.04. The first-order valence-electron chi connectivity index (χ1n) is 7.47. The third-order valence-electron chi connectivity index (χ3n) is 3.79. The van der Waals surface area contributed by atoms with Gasteiger partial charge in [0, 0.05) is 10.9 Å². The monoisotopic (exact) mass is 303 g/mol. The molecule has 0 atom stereocenters. The van der Waals surface area contributed by atoms with Crippen LogP contribution in [0.3, 0.4) is 0 Å². The molecule has 0 bridgehead atoms. The molecule has 5 nitrogen and oxygen atoms in total. The number of benzene rings is 1. The fourth-order valence-corrected chi connectivity index (χ4v) is 3.33. The molecule has 2 N–H and O–H groups in total. The van der Waals surface area contributed by atoms with Crippen LogP contribution in [-0.2, 0) is 0 Å². The van der Waals surface area contributed by atoms with E-state index in [0.29, 0.717) is 6.04 Å². The van der Waals surface area contributed by atoms with E-state index in [1.807, 2.05) is 7.05 Å². The van der Waals surface area contributed by atoms with Crippen LogP contribution in [0.5, 0.6) is 0 Å². The Hall–Kier alpha value is -1.53. The zero-order chi connectivity index (χ0) is 14.5. The summed E-state index contributed by atoms with van der Waals surface area (Å²) in [4.78, 5) is 2.84. The molecule has 0 amide bonds. The highest BCUT2D eigenvalue weighted by Crippen LogP contribution is 2.28. The third-order valence-corrected chi connectivity index (χ3v) is 4.48. The maximum absolute atomic E-state index is 4.28. The molecular formula is C15H21N5S. The van der Waals surface area contributed by atoms with Crippen molar-refractivity contribution >= 4 is 17.6 Å². The van der Waals surface area contributed by atoms with E-state index in [4.69, 9.17) is 0 Å². The Morgan fingerprint density at radius 2 is 1.90 bits per heavy atom. The van der Waals surface area contributed by atoms with Crippen LogP contribution < -0.4 is 10.0 Å². The second kappa shape index (κ2) is 6.95. The van der Waals surface area contributed by atoms with Crippen molar-refractivity contribution in [3.8, 4) is 5.69 Å². The first kappa shape index (κ1) is 14.4. The summed E-state index contributed by atoms with van der Waals surface area (Å²) in [6, 6.07) is 6.94. The maximum Gasteiger partial charge on any atom is 0.110 e. The minimum absolute atomic E-state index is 0.566. The van der Waals surface area contributed by atoms with Gasteiger partial charge in [0.1, 0.15) is 5.69 Å². The van der Waals surface area contributed by atoms with Crippen molar-refractivity contribution in [1.29, 1.82) is 0 Å². The third kappa shape index (κ3) is 3.57. The normalized spacial score (nSPS) is 16.0. The smallest absolute Gasteiger partial charge is 0.110 e. The number of hydrogen-bond donors (Lipinski definition) is 2. The van der Waals surface area contributed by atoms with Gasteiger partial charge < -0.3 is 5.32 Å². The van der Waals surface area contributed by atoms with Gasteiger partial charge in [0.2, 0.25) is 0 Å². The number of nitrogens with one attached hydrogen (secondary N) is 2. The maximum atomic E-state index is 4.28. The first-order chi connectivity index (χ1) is 10.4. The Bertz CT molecular complexity index is 563. The lowest BCUT2D eigenvalue weighted by molar-refractivity contribution is 0.462. The van der Waals surface area contributed by atoms with Gasteiger partial charge >= 0.3 is 0 Å². The van der Waals surface area contributed by atoms with Crippen LogP contribution in [0.15, 0.2) is 35.5 Å². The molecule has 21 heavy (non-hydrogen) atoms. The molecule has 3 rings (SSSR count). The lowest BCUT2D eigenvalue weighted by atomic mass is 9.95. The van der Waals surface area contributed by atoms with Gasteiger partial charge in [-0.25, -0.2) is 0 Å². The topological polar surface area (TPSA) is 54.8 Å². The van der Waals surface area contributed by atoms with Crippen LogP contribution >= 0.6 is 11.9 Å². The van der Waals surface area contributed by atoms with E-state index in [2.05, 4.69) is 38.4 Å². The van der Waals surface area contributed by atoms with Crippen molar-refractivity contribution in [2.24, 2.45) is 0 Å². The Labute approximate surface area is 129 Å². The average molecular weight is 303 g/mol. The molecule has 0 aliphatic heterocycles. The number of nitrogens with zero attached hydrogens (tertiary/aromatic N) is 3. The zero-order valence-corrected chi connectivity index (χ0v) is 13.1. The quantitative estimate of drug-likeness (QED) is 0.831. The molecule has 1 aliphatic rings. The molecule has 0 spiro atoms. The second-order valence-corrected chi connectivity index (χ2v) is 6.37. The summed E-state index contributed by atoms with van der Waals surface area (Å²) in [7, 11) is 1.92.